The van der Waals surface area contributed by atoms with Crippen LogP contribution in [0.2, 0.25) is 0 Å². The van der Waals surface area contributed by atoms with Crippen LogP contribution in [0.5, 0.6) is 0 Å². The number of aromatic nitrogens is 2. The third-order valence-electron chi connectivity index (χ3n) is 4.23. The molecular formula is C17H14N3O2S-. The number of carboxylic acid groups (broad SMARTS) is 1. The van der Waals surface area contributed by atoms with E-state index in [1.54, 1.807) is 35.9 Å². The van der Waals surface area contributed by atoms with Crippen molar-refractivity contribution < 1.29 is 9.90 Å². The van der Waals surface area contributed by atoms with E-state index in [-0.39, 0.29) is 5.56 Å². The number of nitrogens with one attached hydrogen (secondary N) is 1. The average molecular weight is 324 g/mol. The van der Waals surface area contributed by atoms with E-state index in [1.165, 1.54) is 16.9 Å². The summed E-state index contributed by atoms with van der Waals surface area (Å²) in [5, 5.41) is 15.4. The molecule has 2 aromatic heterocycles. The van der Waals surface area contributed by atoms with Crippen molar-refractivity contribution in [3.05, 3.63) is 46.1 Å². The molecule has 0 aliphatic heterocycles. The van der Waals surface area contributed by atoms with Crippen molar-refractivity contribution >= 4 is 39.0 Å². The number of hydrogen-bond acceptors (Lipinski definition) is 6. The van der Waals surface area contributed by atoms with Crippen LogP contribution in [0.4, 0.5) is 11.5 Å². The van der Waals surface area contributed by atoms with Gasteiger partial charge in [-0.1, -0.05) is 12.1 Å². The molecular weight excluding hydrogens is 310 g/mol. The molecule has 116 valence electrons. The SMILES string of the molecule is Cc1ccc(C(=O)[O-])cc1Nc1ncnc2sc3c(c12)CCC3. The molecule has 1 aliphatic carbocycles. The van der Waals surface area contributed by atoms with E-state index < -0.39 is 5.97 Å². The van der Waals surface area contributed by atoms with Crippen molar-refractivity contribution in [1.82, 2.24) is 9.97 Å². The Bertz CT molecular complexity index is 933. The van der Waals surface area contributed by atoms with Gasteiger partial charge in [0.2, 0.25) is 0 Å². The Morgan fingerprint density at radius 2 is 2.17 bits per heavy atom. The molecule has 1 N–H and O–H groups in total. The van der Waals surface area contributed by atoms with Gasteiger partial charge in [0, 0.05) is 10.6 Å². The predicted octanol–water partition coefficient (Wildman–Crippen LogP) is 2.60. The second-order valence-electron chi connectivity index (χ2n) is 5.70. The van der Waals surface area contributed by atoms with Crippen molar-refractivity contribution in [3.8, 4) is 0 Å². The summed E-state index contributed by atoms with van der Waals surface area (Å²) in [4.78, 5) is 22.2. The van der Waals surface area contributed by atoms with Crippen molar-refractivity contribution in [1.29, 1.82) is 0 Å². The Morgan fingerprint density at radius 1 is 1.30 bits per heavy atom. The average Bonchev–Trinajstić information content (AvgIpc) is 3.10. The first-order valence-electron chi connectivity index (χ1n) is 7.48. The number of carboxylic acids is 1. The Balaban J connectivity index is 1.82. The molecule has 0 atom stereocenters. The normalized spacial score (nSPS) is 13.3. The highest BCUT2D eigenvalue weighted by atomic mass is 32.1. The molecule has 6 heteroatoms. The molecule has 23 heavy (non-hydrogen) atoms. The van der Waals surface area contributed by atoms with Gasteiger partial charge in [-0.3, -0.25) is 0 Å². The number of carbonyl (C=O) groups is 1. The number of aromatic carboxylic acids is 1. The van der Waals surface area contributed by atoms with Crippen molar-refractivity contribution in [2.45, 2.75) is 26.2 Å². The minimum absolute atomic E-state index is 0.152. The van der Waals surface area contributed by atoms with Crippen LogP contribution in [0, 0.1) is 6.92 Å². The van der Waals surface area contributed by atoms with E-state index in [0.29, 0.717) is 0 Å². The fourth-order valence-corrected chi connectivity index (χ4v) is 4.26. The van der Waals surface area contributed by atoms with E-state index in [9.17, 15) is 9.90 Å². The van der Waals surface area contributed by atoms with Crippen LogP contribution in [0.25, 0.3) is 10.2 Å². The van der Waals surface area contributed by atoms with Gasteiger partial charge in [-0.2, -0.15) is 0 Å². The largest absolute Gasteiger partial charge is 0.545 e. The van der Waals surface area contributed by atoms with Gasteiger partial charge in [-0.15, -0.1) is 11.3 Å². The second kappa shape index (κ2) is 5.31. The summed E-state index contributed by atoms with van der Waals surface area (Å²) in [5.41, 5.74) is 3.17. The summed E-state index contributed by atoms with van der Waals surface area (Å²) in [6.07, 6.45) is 4.88. The van der Waals surface area contributed by atoms with Gasteiger partial charge >= 0.3 is 0 Å². The first kappa shape index (κ1) is 14.1. The molecule has 0 unspecified atom stereocenters. The molecule has 0 amide bonds. The third kappa shape index (κ3) is 2.35. The van der Waals surface area contributed by atoms with Crippen LogP contribution in [0.3, 0.4) is 0 Å². The van der Waals surface area contributed by atoms with E-state index in [4.69, 9.17) is 0 Å². The van der Waals surface area contributed by atoms with Crippen LogP contribution in [0.15, 0.2) is 24.5 Å². The summed E-state index contributed by atoms with van der Waals surface area (Å²) >= 11 is 1.73. The smallest absolute Gasteiger partial charge is 0.142 e. The van der Waals surface area contributed by atoms with Crippen LogP contribution in [-0.4, -0.2) is 15.9 Å². The Hall–Kier alpha value is -2.47. The Labute approximate surface area is 137 Å². The highest BCUT2D eigenvalue weighted by Crippen LogP contribution is 2.39. The molecule has 2 heterocycles. The summed E-state index contributed by atoms with van der Waals surface area (Å²) < 4.78 is 0. The van der Waals surface area contributed by atoms with Gasteiger partial charge in [-0.25, -0.2) is 9.97 Å². The van der Waals surface area contributed by atoms with Gasteiger partial charge in [0.05, 0.1) is 11.4 Å². The molecule has 1 aliphatic rings. The highest BCUT2D eigenvalue weighted by molar-refractivity contribution is 7.19. The molecule has 0 fully saturated rings. The zero-order valence-electron chi connectivity index (χ0n) is 12.5. The maximum Gasteiger partial charge on any atom is 0.142 e. The molecule has 0 radical (unpaired) electrons. The lowest BCUT2D eigenvalue weighted by atomic mass is 10.1. The first-order valence-corrected chi connectivity index (χ1v) is 8.29. The number of thiophene rings is 1. The molecule has 4 rings (SSSR count). The van der Waals surface area contributed by atoms with Gasteiger partial charge in [0.1, 0.15) is 17.0 Å². The standard InChI is InChI=1S/C17H15N3O2S/c1-9-5-6-10(17(21)22)7-12(9)20-15-14-11-3-2-4-13(11)23-16(14)19-8-18-15/h5-8H,2-4H2,1H3,(H,21,22)(H,18,19,20)/p-1. The van der Waals surface area contributed by atoms with Crippen LogP contribution >= 0.6 is 11.3 Å². The molecule has 5 nitrogen and oxygen atoms in total. The molecule has 3 aromatic rings. The van der Waals surface area contributed by atoms with Gasteiger partial charge in [0.25, 0.3) is 0 Å². The number of hydrogen-bond donors (Lipinski definition) is 1. The lowest BCUT2D eigenvalue weighted by molar-refractivity contribution is -0.255. The maximum atomic E-state index is 11.1. The van der Waals surface area contributed by atoms with Gasteiger partial charge in [-0.05, 0) is 48.9 Å². The van der Waals surface area contributed by atoms with E-state index in [1.807, 2.05) is 6.92 Å². The van der Waals surface area contributed by atoms with Crippen LogP contribution in [-0.2, 0) is 12.8 Å². The lowest BCUT2D eigenvalue weighted by Crippen LogP contribution is -2.22. The fourth-order valence-electron chi connectivity index (χ4n) is 3.03. The van der Waals surface area contributed by atoms with Gasteiger partial charge < -0.3 is 15.2 Å². The number of fused-ring (bicyclic) bond motifs is 3. The molecule has 1 aromatic carbocycles. The number of nitrogens with zero attached hydrogens (tertiary/aromatic N) is 2. The predicted molar refractivity (Wildman–Crippen MR) is 88.2 cm³/mol. The number of rotatable bonds is 3. The summed E-state index contributed by atoms with van der Waals surface area (Å²) in [6.45, 7) is 1.93. The van der Waals surface area contributed by atoms with E-state index in [0.717, 1.165) is 40.1 Å². The quantitative estimate of drug-likeness (QED) is 0.801. The number of aryl methyl sites for hydroxylation is 3. The number of benzene rings is 1. The summed E-state index contributed by atoms with van der Waals surface area (Å²) in [6, 6.07) is 4.91. The van der Waals surface area contributed by atoms with Crippen LogP contribution in [0.1, 0.15) is 32.8 Å². The summed E-state index contributed by atoms with van der Waals surface area (Å²) in [5.74, 6) is -0.440. The van der Waals surface area contributed by atoms with Crippen molar-refractivity contribution in [2.24, 2.45) is 0 Å². The monoisotopic (exact) mass is 324 g/mol. The molecule has 0 saturated carbocycles. The number of carbonyl (C=O) groups excluding carboxylic acids is 1. The highest BCUT2D eigenvalue weighted by Gasteiger charge is 2.21. The second-order valence-corrected chi connectivity index (χ2v) is 6.79. The first-order chi connectivity index (χ1) is 11.1. The Morgan fingerprint density at radius 3 is 3.00 bits per heavy atom. The molecule has 0 bridgehead atoms. The van der Waals surface area contributed by atoms with E-state index in [2.05, 4.69) is 15.3 Å². The lowest BCUT2D eigenvalue weighted by Gasteiger charge is -2.12. The van der Waals surface area contributed by atoms with Crippen molar-refractivity contribution in [2.75, 3.05) is 5.32 Å². The fraction of sp³-hybridized carbons (Fsp3) is 0.235. The third-order valence-corrected chi connectivity index (χ3v) is 5.43. The van der Waals surface area contributed by atoms with Gasteiger partial charge in [0.15, 0.2) is 0 Å². The minimum atomic E-state index is -1.18. The van der Waals surface area contributed by atoms with Crippen LogP contribution < -0.4 is 10.4 Å². The van der Waals surface area contributed by atoms with E-state index >= 15 is 0 Å². The number of anilines is 2. The molecule has 0 saturated heterocycles. The topological polar surface area (TPSA) is 77.9 Å². The Kier molecular flexibility index (Phi) is 3.27. The van der Waals surface area contributed by atoms with Crippen molar-refractivity contribution in [3.63, 3.8) is 0 Å². The molecule has 0 spiro atoms. The zero-order chi connectivity index (χ0) is 16.0. The zero-order valence-corrected chi connectivity index (χ0v) is 13.4. The summed E-state index contributed by atoms with van der Waals surface area (Å²) in [7, 11) is 0. The maximum absolute atomic E-state index is 11.1. The minimum Gasteiger partial charge on any atom is -0.545 e.